The molecular weight excluding hydrogens is 332 g/mol. The van der Waals surface area contributed by atoms with E-state index in [0.29, 0.717) is 19.4 Å². The van der Waals surface area contributed by atoms with Crippen LogP contribution < -0.4 is 0 Å². The first kappa shape index (κ1) is 20.4. The lowest BCUT2D eigenvalue weighted by molar-refractivity contribution is -0.159. The molecule has 0 aromatic carbocycles. The topological polar surface area (TPSA) is 124 Å². The molecule has 0 spiro atoms. The fraction of sp³-hybridized carbons (Fsp3) is 0.625. The maximum Gasteiger partial charge on any atom is 0.414 e. The average molecular weight is 354 g/mol. The molecule has 2 saturated heterocycles. The molecule has 25 heavy (non-hydrogen) atoms. The van der Waals surface area contributed by atoms with E-state index < -0.39 is 18.0 Å². The van der Waals surface area contributed by atoms with E-state index in [-0.39, 0.29) is 11.9 Å². The van der Waals surface area contributed by atoms with Crippen LogP contribution in [0.5, 0.6) is 0 Å². The number of nitrogens with zero attached hydrogens (tertiary/aromatic N) is 2. The van der Waals surface area contributed by atoms with Gasteiger partial charge in [0, 0.05) is 6.42 Å². The van der Waals surface area contributed by atoms with E-state index in [2.05, 4.69) is 16.7 Å². The highest BCUT2D eigenvalue weighted by Gasteiger charge is 2.36. The predicted molar refractivity (Wildman–Crippen MR) is 85.5 cm³/mol. The van der Waals surface area contributed by atoms with Crippen LogP contribution in [0.2, 0.25) is 0 Å². The van der Waals surface area contributed by atoms with E-state index in [9.17, 15) is 9.59 Å². The van der Waals surface area contributed by atoms with Crippen molar-refractivity contribution in [2.75, 3.05) is 33.3 Å². The van der Waals surface area contributed by atoms with Crippen molar-refractivity contribution in [3.63, 3.8) is 0 Å². The summed E-state index contributed by atoms with van der Waals surface area (Å²) in [5.74, 6) is 2.08. The van der Waals surface area contributed by atoms with Gasteiger partial charge in [0.25, 0.3) is 0 Å². The van der Waals surface area contributed by atoms with Gasteiger partial charge in [-0.2, -0.15) is 0 Å². The van der Waals surface area contributed by atoms with Gasteiger partial charge in [-0.1, -0.05) is 11.8 Å². The minimum Gasteiger partial charge on any atom is -0.473 e. The summed E-state index contributed by atoms with van der Waals surface area (Å²) in [7, 11) is 1.35. The number of carbonyl (C=O) groups excluding carboxylic acids is 2. The molecule has 1 unspecified atom stereocenters. The summed E-state index contributed by atoms with van der Waals surface area (Å²) < 4.78 is 4.71. The van der Waals surface area contributed by atoms with Gasteiger partial charge in [-0.25, -0.2) is 14.4 Å². The zero-order valence-electron chi connectivity index (χ0n) is 14.1. The second kappa shape index (κ2) is 10.3. The number of aliphatic carboxylic acids is 2. The van der Waals surface area contributed by atoms with Crippen LogP contribution in [0.1, 0.15) is 25.7 Å². The van der Waals surface area contributed by atoms with E-state index in [1.165, 1.54) is 24.9 Å². The lowest BCUT2D eigenvalue weighted by atomic mass is 10.2. The van der Waals surface area contributed by atoms with Crippen LogP contribution in [0.3, 0.4) is 0 Å². The molecule has 2 aliphatic rings. The van der Waals surface area contributed by atoms with Crippen LogP contribution in [0.25, 0.3) is 0 Å². The van der Waals surface area contributed by atoms with E-state index in [0.717, 1.165) is 19.6 Å². The maximum absolute atomic E-state index is 11.7. The quantitative estimate of drug-likeness (QED) is 0.391. The van der Waals surface area contributed by atoms with Crippen molar-refractivity contribution in [2.24, 2.45) is 0 Å². The Labute approximate surface area is 145 Å². The predicted octanol–water partition coefficient (Wildman–Crippen LogP) is -0.595. The maximum atomic E-state index is 11.7. The molecule has 0 radical (unpaired) electrons. The Kier molecular flexibility index (Phi) is 8.43. The molecule has 0 aromatic heterocycles. The Bertz CT molecular complexity index is 561. The van der Waals surface area contributed by atoms with Crippen LogP contribution in [-0.4, -0.2) is 83.2 Å². The molecule has 2 fully saturated rings. The molecule has 0 aliphatic carbocycles. The molecule has 1 atom stereocenters. The normalized spacial score (nSPS) is 19.5. The Morgan fingerprint density at radius 1 is 1.12 bits per heavy atom. The molecule has 2 aliphatic heterocycles. The van der Waals surface area contributed by atoms with Crippen LogP contribution >= 0.6 is 0 Å². The van der Waals surface area contributed by atoms with Crippen LogP contribution in [0, 0.1) is 11.8 Å². The second-order valence-electron chi connectivity index (χ2n) is 5.55. The summed E-state index contributed by atoms with van der Waals surface area (Å²) in [6.07, 6.45) is 3.44. The van der Waals surface area contributed by atoms with Crippen molar-refractivity contribution >= 4 is 23.8 Å². The number of methoxy groups -OCH3 is 1. The van der Waals surface area contributed by atoms with Crippen molar-refractivity contribution in [1.29, 1.82) is 0 Å². The number of carboxylic acid groups (broad SMARTS) is 2. The molecule has 0 aromatic rings. The summed E-state index contributed by atoms with van der Waals surface area (Å²) >= 11 is 0. The first-order valence-corrected chi connectivity index (χ1v) is 7.88. The van der Waals surface area contributed by atoms with Crippen LogP contribution in [0.4, 0.5) is 0 Å². The first-order valence-electron chi connectivity index (χ1n) is 7.88. The molecule has 0 bridgehead atoms. The van der Waals surface area contributed by atoms with Gasteiger partial charge in [0.05, 0.1) is 20.2 Å². The third-order valence-electron chi connectivity index (χ3n) is 3.86. The van der Waals surface area contributed by atoms with Gasteiger partial charge in [0.2, 0.25) is 5.91 Å². The Morgan fingerprint density at radius 2 is 1.68 bits per heavy atom. The Hall–Kier alpha value is -2.60. The average Bonchev–Trinajstić information content (AvgIpc) is 3.21. The van der Waals surface area contributed by atoms with Gasteiger partial charge in [-0.05, 0) is 32.4 Å². The van der Waals surface area contributed by atoms with Gasteiger partial charge in [-0.15, -0.1) is 0 Å². The molecule has 2 N–H and O–H groups in total. The lowest BCUT2D eigenvalue weighted by Crippen LogP contribution is -2.39. The minimum atomic E-state index is -1.82. The molecule has 1 amide bonds. The van der Waals surface area contributed by atoms with E-state index >= 15 is 0 Å². The molecular formula is C16H22N2O7. The third kappa shape index (κ3) is 6.81. The summed E-state index contributed by atoms with van der Waals surface area (Å²) in [6, 6.07) is -0.446. The van der Waals surface area contributed by atoms with E-state index in [4.69, 9.17) is 24.5 Å². The van der Waals surface area contributed by atoms with Gasteiger partial charge in [-0.3, -0.25) is 9.69 Å². The number of ether oxygens (including phenoxy) is 1. The van der Waals surface area contributed by atoms with Crippen molar-refractivity contribution in [1.82, 2.24) is 9.80 Å². The molecule has 9 heteroatoms. The van der Waals surface area contributed by atoms with Gasteiger partial charge >= 0.3 is 17.9 Å². The number of carboxylic acids is 2. The van der Waals surface area contributed by atoms with Crippen LogP contribution in [0.15, 0.2) is 0 Å². The van der Waals surface area contributed by atoms with Gasteiger partial charge < -0.3 is 19.8 Å². The van der Waals surface area contributed by atoms with Crippen molar-refractivity contribution in [3.05, 3.63) is 0 Å². The van der Waals surface area contributed by atoms with E-state index in [1.54, 1.807) is 0 Å². The second-order valence-corrected chi connectivity index (χ2v) is 5.55. The molecule has 138 valence electrons. The SMILES string of the molecule is COC(=O)C1CCC(=O)N1CC#CCN1CCCC1.O=C(O)C(=O)O. The number of esters is 1. The van der Waals surface area contributed by atoms with Crippen molar-refractivity contribution in [2.45, 2.75) is 31.7 Å². The van der Waals surface area contributed by atoms with Gasteiger partial charge in [0.1, 0.15) is 6.04 Å². The highest BCUT2D eigenvalue weighted by molar-refractivity contribution is 6.27. The fourth-order valence-corrected chi connectivity index (χ4v) is 2.56. The fourth-order valence-electron chi connectivity index (χ4n) is 2.56. The summed E-state index contributed by atoms with van der Waals surface area (Å²) in [5.41, 5.74) is 0. The number of carbonyl (C=O) groups is 4. The standard InChI is InChI=1S/C14H20N2O3.C2H2O4/c1-19-14(18)12-6-7-13(17)16(12)11-5-4-10-15-8-2-3-9-15;3-1(4)2(5)6/h12H,2-3,6-11H2,1H3;(H,3,4)(H,5,6). The highest BCUT2D eigenvalue weighted by atomic mass is 16.5. The number of likely N-dealkylation sites (tertiary alicyclic amines) is 2. The molecule has 2 heterocycles. The van der Waals surface area contributed by atoms with E-state index in [1.807, 2.05) is 0 Å². The zero-order valence-corrected chi connectivity index (χ0v) is 14.1. The van der Waals surface area contributed by atoms with Crippen molar-refractivity contribution < 1.29 is 34.1 Å². The summed E-state index contributed by atoms with van der Waals surface area (Å²) in [6.45, 7) is 3.31. The Morgan fingerprint density at radius 3 is 2.20 bits per heavy atom. The van der Waals surface area contributed by atoms with Crippen LogP contribution in [-0.2, 0) is 23.9 Å². The van der Waals surface area contributed by atoms with Crippen molar-refractivity contribution in [3.8, 4) is 11.8 Å². The van der Waals surface area contributed by atoms with Gasteiger partial charge in [0.15, 0.2) is 0 Å². The number of rotatable bonds is 3. The highest BCUT2D eigenvalue weighted by Crippen LogP contribution is 2.19. The smallest absolute Gasteiger partial charge is 0.414 e. The third-order valence-corrected chi connectivity index (χ3v) is 3.86. The lowest BCUT2D eigenvalue weighted by Gasteiger charge is -2.20. The Balaban J connectivity index is 0.000000450. The monoisotopic (exact) mass is 354 g/mol. The number of hydrogen-bond acceptors (Lipinski definition) is 6. The minimum absolute atomic E-state index is 0.00845. The first-order chi connectivity index (χ1) is 11.9. The number of hydrogen-bond donors (Lipinski definition) is 2. The molecule has 2 rings (SSSR count). The largest absolute Gasteiger partial charge is 0.473 e. The molecule has 0 saturated carbocycles. The molecule has 9 nitrogen and oxygen atoms in total. The summed E-state index contributed by atoms with van der Waals surface area (Å²) in [5, 5.41) is 14.8. The summed E-state index contributed by atoms with van der Waals surface area (Å²) in [4.78, 5) is 45.3. The zero-order chi connectivity index (χ0) is 18.8. The number of amides is 1.